The molecule has 17 heavy (non-hydrogen) atoms. The number of hydrogen-bond donors (Lipinski definition) is 1. The maximum absolute atomic E-state index is 5.67. The summed E-state index contributed by atoms with van der Waals surface area (Å²) in [6, 6.07) is 6.06. The molecule has 0 radical (unpaired) electrons. The Balaban J connectivity index is 2.48. The van der Waals surface area contributed by atoms with E-state index in [4.69, 9.17) is 4.74 Å². The molecule has 0 unspecified atom stereocenters. The summed E-state index contributed by atoms with van der Waals surface area (Å²) in [6.45, 7) is 7.07. The van der Waals surface area contributed by atoms with E-state index < -0.39 is 0 Å². The molecule has 0 bridgehead atoms. The van der Waals surface area contributed by atoms with Crippen LogP contribution < -0.4 is 4.74 Å². The lowest BCUT2D eigenvalue weighted by Gasteiger charge is -2.09. The molecule has 2 rings (SSSR count). The summed E-state index contributed by atoms with van der Waals surface area (Å²) in [4.78, 5) is 4.58. The van der Waals surface area contributed by atoms with Crippen molar-refractivity contribution in [1.29, 1.82) is 0 Å². The normalized spacial score (nSPS) is 11.4. The first kappa shape index (κ1) is 12.3. The fraction of sp³-hybridized carbons (Fsp3) is 0.462. The molecule has 0 aliphatic carbocycles. The van der Waals surface area contributed by atoms with Gasteiger partial charge in [0.1, 0.15) is 11.6 Å². The molecule has 4 heteroatoms. The number of fused-ring (bicyclic) bond motifs is 1. The standard InChI is InChI=1S/C13H18N2OS/c1-4-15-12-6-5-10(16-9(2)3)7-11(12)14-13(15)8-17/h5-7,9,17H,4,8H2,1-3H3. The second kappa shape index (κ2) is 5.00. The van der Waals surface area contributed by atoms with E-state index in [9.17, 15) is 0 Å². The van der Waals surface area contributed by atoms with Crippen LogP contribution in [-0.4, -0.2) is 15.7 Å². The van der Waals surface area contributed by atoms with Crippen molar-refractivity contribution in [3.05, 3.63) is 24.0 Å². The van der Waals surface area contributed by atoms with Gasteiger partial charge in [-0.15, -0.1) is 0 Å². The van der Waals surface area contributed by atoms with Gasteiger partial charge in [0.25, 0.3) is 0 Å². The molecule has 0 N–H and O–H groups in total. The van der Waals surface area contributed by atoms with Crippen molar-refractivity contribution in [1.82, 2.24) is 9.55 Å². The van der Waals surface area contributed by atoms with Gasteiger partial charge in [-0.2, -0.15) is 12.6 Å². The molecule has 0 saturated heterocycles. The summed E-state index contributed by atoms with van der Waals surface area (Å²) in [7, 11) is 0. The van der Waals surface area contributed by atoms with Crippen molar-refractivity contribution in [3.63, 3.8) is 0 Å². The third-order valence-electron chi connectivity index (χ3n) is 2.63. The zero-order valence-corrected chi connectivity index (χ0v) is 11.4. The predicted octanol–water partition coefficient (Wildman–Crippen LogP) is 3.27. The van der Waals surface area contributed by atoms with E-state index in [0.717, 1.165) is 29.2 Å². The molecule has 0 saturated carbocycles. The van der Waals surface area contributed by atoms with Crippen LogP contribution in [0.2, 0.25) is 0 Å². The van der Waals surface area contributed by atoms with Gasteiger partial charge >= 0.3 is 0 Å². The van der Waals surface area contributed by atoms with Crippen molar-refractivity contribution in [2.24, 2.45) is 0 Å². The molecule has 0 aliphatic rings. The van der Waals surface area contributed by atoms with Crippen molar-refractivity contribution >= 4 is 23.7 Å². The predicted molar refractivity (Wildman–Crippen MR) is 73.9 cm³/mol. The van der Waals surface area contributed by atoms with Crippen LogP contribution in [0.5, 0.6) is 5.75 Å². The molecular formula is C13H18N2OS. The van der Waals surface area contributed by atoms with Gasteiger partial charge in [0, 0.05) is 18.4 Å². The number of aromatic nitrogens is 2. The molecule has 1 aromatic heterocycles. The fourth-order valence-electron chi connectivity index (χ4n) is 1.98. The van der Waals surface area contributed by atoms with E-state index in [-0.39, 0.29) is 6.10 Å². The SMILES string of the molecule is CCn1c(CS)nc2cc(OC(C)C)ccc21. The number of benzene rings is 1. The van der Waals surface area contributed by atoms with Crippen LogP contribution in [0.3, 0.4) is 0 Å². The molecule has 0 aliphatic heterocycles. The number of rotatable bonds is 4. The molecule has 92 valence electrons. The molecule has 0 fully saturated rings. The topological polar surface area (TPSA) is 27.1 Å². The number of thiol groups is 1. The van der Waals surface area contributed by atoms with E-state index in [1.165, 1.54) is 0 Å². The molecule has 0 spiro atoms. The highest BCUT2D eigenvalue weighted by Gasteiger charge is 2.09. The highest BCUT2D eigenvalue weighted by Crippen LogP contribution is 2.23. The number of ether oxygens (including phenoxy) is 1. The van der Waals surface area contributed by atoms with Crippen LogP contribution in [0.4, 0.5) is 0 Å². The Bertz CT molecular complexity index is 519. The molecule has 0 atom stereocenters. The minimum Gasteiger partial charge on any atom is -0.491 e. The summed E-state index contributed by atoms with van der Waals surface area (Å²) in [5, 5.41) is 0. The maximum Gasteiger partial charge on any atom is 0.121 e. The average molecular weight is 250 g/mol. The Hall–Kier alpha value is -1.16. The van der Waals surface area contributed by atoms with Crippen molar-refractivity contribution in [2.75, 3.05) is 0 Å². The quantitative estimate of drug-likeness (QED) is 0.843. The Kier molecular flexibility index (Phi) is 3.62. The average Bonchev–Trinajstić information content (AvgIpc) is 2.64. The van der Waals surface area contributed by atoms with Gasteiger partial charge in [0.2, 0.25) is 0 Å². The van der Waals surface area contributed by atoms with Crippen LogP contribution in [-0.2, 0) is 12.3 Å². The summed E-state index contributed by atoms with van der Waals surface area (Å²) in [5.74, 6) is 2.54. The van der Waals surface area contributed by atoms with Gasteiger partial charge in [-0.1, -0.05) is 0 Å². The molecule has 3 nitrogen and oxygen atoms in total. The lowest BCUT2D eigenvalue weighted by Crippen LogP contribution is -2.05. The smallest absolute Gasteiger partial charge is 0.121 e. The van der Waals surface area contributed by atoms with Gasteiger partial charge in [0.15, 0.2) is 0 Å². The number of aryl methyl sites for hydroxylation is 1. The Labute approximate surface area is 107 Å². The number of hydrogen-bond acceptors (Lipinski definition) is 3. The second-order valence-corrected chi connectivity index (χ2v) is 4.56. The summed E-state index contributed by atoms with van der Waals surface area (Å²) >= 11 is 4.31. The third-order valence-corrected chi connectivity index (χ3v) is 2.91. The van der Waals surface area contributed by atoms with Gasteiger partial charge < -0.3 is 9.30 Å². The first-order chi connectivity index (χ1) is 8.15. The zero-order valence-electron chi connectivity index (χ0n) is 10.5. The minimum absolute atomic E-state index is 0.185. The lowest BCUT2D eigenvalue weighted by atomic mass is 10.3. The van der Waals surface area contributed by atoms with Crippen LogP contribution in [0.1, 0.15) is 26.6 Å². The van der Waals surface area contributed by atoms with Crippen molar-refractivity contribution in [2.45, 2.75) is 39.2 Å². The maximum atomic E-state index is 5.67. The van der Waals surface area contributed by atoms with Gasteiger partial charge in [-0.05, 0) is 32.9 Å². The van der Waals surface area contributed by atoms with E-state index in [1.807, 2.05) is 26.0 Å². The van der Waals surface area contributed by atoms with Gasteiger partial charge in [0.05, 0.1) is 17.1 Å². The largest absolute Gasteiger partial charge is 0.491 e. The van der Waals surface area contributed by atoms with Crippen LogP contribution >= 0.6 is 12.6 Å². The Morgan fingerprint density at radius 2 is 2.18 bits per heavy atom. The lowest BCUT2D eigenvalue weighted by molar-refractivity contribution is 0.242. The second-order valence-electron chi connectivity index (χ2n) is 4.25. The van der Waals surface area contributed by atoms with Crippen LogP contribution in [0.15, 0.2) is 18.2 Å². The monoisotopic (exact) mass is 250 g/mol. The minimum atomic E-state index is 0.185. The third kappa shape index (κ3) is 2.41. The first-order valence-electron chi connectivity index (χ1n) is 5.92. The van der Waals surface area contributed by atoms with E-state index in [0.29, 0.717) is 5.75 Å². The van der Waals surface area contributed by atoms with Crippen molar-refractivity contribution in [3.8, 4) is 5.75 Å². The molecule has 0 amide bonds. The Morgan fingerprint density at radius 3 is 2.76 bits per heavy atom. The van der Waals surface area contributed by atoms with Crippen LogP contribution in [0.25, 0.3) is 11.0 Å². The summed E-state index contributed by atoms with van der Waals surface area (Å²) < 4.78 is 7.85. The van der Waals surface area contributed by atoms with E-state index in [1.54, 1.807) is 0 Å². The summed E-state index contributed by atoms with van der Waals surface area (Å²) in [5.41, 5.74) is 2.13. The molecule has 2 aromatic rings. The Morgan fingerprint density at radius 1 is 1.41 bits per heavy atom. The van der Waals surface area contributed by atoms with Gasteiger partial charge in [-0.25, -0.2) is 4.98 Å². The van der Waals surface area contributed by atoms with E-state index in [2.05, 4.69) is 35.2 Å². The molecular weight excluding hydrogens is 232 g/mol. The number of nitrogens with zero attached hydrogens (tertiary/aromatic N) is 2. The molecule has 1 aromatic carbocycles. The van der Waals surface area contributed by atoms with E-state index >= 15 is 0 Å². The van der Waals surface area contributed by atoms with Crippen molar-refractivity contribution < 1.29 is 4.74 Å². The van der Waals surface area contributed by atoms with Gasteiger partial charge in [-0.3, -0.25) is 0 Å². The fourth-order valence-corrected chi connectivity index (χ4v) is 2.22. The first-order valence-corrected chi connectivity index (χ1v) is 6.55. The highest BCUT2D eigenvalue weighted by molar-refractivity contribution is 7.79. The highest BCUT2D eigenvalue weighted by atomic mass is 32.1. The number of imidazole rings is 1. The summed E-state index contributed by atoms with van der Waals surface area (Å²) in [6.07, 6.45) is 0.185. The van der Waals surface area contributed by atoms with Crippen LogP contribution in [0, 0.1) is 0 Å². The molecule has 1 heterocycles. The zero-order chi connectivity index (χ0) is 12.4.